The lowest BCUT2D eigenvalue weighted by molar-refractivity contribution is -0.138. The monoisotopic (exact) mass is 436 g/mol. The highest BCUT2D eigenvalue weighted by Crippen LogP contribution is 2.32. The number of benzene rings is 1. The van der Waals surface area contributed by atoms with E-state index >= 15 is 0 Å². The number of pyridine rings is 1. The van der Waals surface area contributed by atoms with Crippen LogP contribution in [0.15, 0.2) is 29.1 Å². The fourth-order valence-corrected chi connectivity index (χ4v) is 4.51. The molecular weight excluding hydrogens is 408 g/mol. The van der Waals surface area contributed by atoms with Crippen molar-refractivity contribution in [1.29, 1.82) is 0 Å². The molecule has 2 N–H and O–H groups in total. The first-order chi connectivity index (χ1) is 15.2. The third-order valence-electron chi connectivity index (χ3n) is 6.36. The van der Waals surface area contributed by atoms with Crippen molar-refractivity contribution < 1.29 is 14.7 Å². The molecule has 0 radical (unpaired) electrons. The van der Waals surface area contributed by atoms with Gasteiger partial charge in [0.25, 0.3) is 5.56 Å². The number of aldehydes is 1. The summed E-state index contributed by atoms with van der Waals surface area (Å²) in [4.78, 5) is 42.2. The highest BCUT2D eigenvalue weighted by atomic mass is 16.3. The van der Waals surface area contributed by atoms with Gasteiger partial charge in [-0.3, -0.25) is 19.3 Å². The summed E-state index contributed by atoms with van der Waals surface area (Å²) in [7, 11) is 5.59. The minimum atomic E-state index is -0.599. The zero-order valence-corrected chi connectivity index (χ0v) is 18.8. The zero-order valence-electron chi connectivity index (χ0n) is 18.8. The van der Waals surface area contributed by atoms with Crippen LogP contribution in [0.5, 0.6) is 5.75 Å². The first kappa shape index (κ1) is 21.8. The van der Waals surface area contributed by atoms with Crippen molar-refractivity contribution in [2.75, 3.05) is 27.2 Å². The number of H-pyrrole nitrogens is 1. The summed E-state index contributed by atoms with van der Waals surface area (Å²) >= 11 is 0. The smallest absolute Gasteiger partial charge is 0.262 e. The second-order valence-corrected chi connectivity index (χ2v) is 8.63. The number of hydrogen-bond acceptors (Lipinski definition) is 5. The minimum Gasteiger partial charge on any atom is -0.507 e. The molecule has 1 aliphatic heterocycles. The Bertz CT molecular complexity index is 1270. The predicted molar refractivity (Wildman–Crippen MR) is 123 cm³/mol. The molecule has 1 amide bonds. The average Bonchev–Trinajstić information content (AvgIpc) is 3.04. The SMILES string of the molecule is CCc1c(-c2ccc3c(c2)cc(CN2CC(C(=O)N(C)C)C2)n3C)[nH]c(=O)c(C=O)c1O. The molecule has 8 nitrogen and oxygen atoms in total. The van der Waals surface area contributed by atoms with Gasteiger partial charge in [-0.05, 0) is 30.2 Å². The van der Waals surface area contributed by atoms with Crippen molar-refractivity contribution in [3.8, 4) is 17.0 Å². The lowest BCUT2D eigenvalue weighted by atomic mass is 9.98. The van der Waals surface area contributed by atoms with E-state index in [0.717, 1.165) is 41.8 Å². The summed E-state index contributed by atoms with van der Waals surface area (Å²) in [6.07, 6.45) is 0.856. The first-order valence-electron chi connectivity index (χ1n) is 10.7. The number of carbonyl (C=O) groups is 2. The van der Waals surface area contributed by atoms with Crippen molar-refractivity contribution in [3.63, 3.8) is 0 Å². The molecule has 0 bridgehead atoms. The van der Waals surface area contributed by atoms with Crippen molar-refractivity contribution in [3.05, 3.63) is 51.4 Å². The normalized spacial score (nSPS) is 14.5. The molecule has 1 saturated heterocycles. The summed E-state index contributed by atoms with van der Waals surface area (Å²) in [5.41, 5.74) is 3.19. The Labute approximate surface area is 186 Å². The third kappa shape index (κ3) is 3.60. The predicted octanol–water partition coefficient (Wildman–Crippen LogP) is 2.13. The highest BCUT2D eigenvalue weighted by Gasteiger charge is 2.33. The molecular formula is C24H28N4O4. The van der Waals surface area contributed by atoms with Crippen LogP contribution in [-0.2, 0) is 24.8 Å². The van der Waals surface area contributed by atoms with Gasteiger partial charge in [0.2, 0.25) is 5.91 Å². The molecule has 0 aliphatic carbocycles. The molecule has 0 atom stereocenters. The number of hydrogen-bond donors (Lipinski definition) is 2. The molecule has 2 aromatic heterocycles. The Hall–Kier alpha value is -3.39. The van der Waals surface area contributed by atoms with Crippen LogP contribution in [0.3, 0.4) is 0 Å². The number of aryl methyl sites for hydroxylation is 1. The molecule has 1 aliphatic rings. The molecule has 3 heterocycles. The molecule has 0 spiro atoms. The number of likely N-dealkylation sites (tertiary alicyclic amines) is 1. The highest BCUT2D eigenvalue weighted by molar-refractivity contribution is 5.88. The summed E-state index contributed by atoms with van der Waals surface area (Å²) in [6.45, 7) is 4.13. The van der Waals surface area contributed by atoms with Gasteiger partial charge >= 0.3 is 0 Å². The quantitative estimate of drug-likeness (QED) is 0.577. The Kier molecular flexibility index (Phi) is 5.64. The van der Waals surface area contributed by atoms with E-state index in [1.54, 1.807) is 19.0 Å². The molecule has 168 valence electrons. The maximum atomic E-state index is 12.2. The molecule has 0 saturated carbocycles. The number of nitrogens with one attached hydrogen (secondary N) is 1. The molecule has 32 heavy (non-hydrogen) atoms. The van der Waals surface area contributed by atoms with Gasteiger partial charge in [0.05, 0.1) is 11.6 Å². The van der Waals surface area contributed by atoms with Crippen molar-refractivity contribution >= 4 is 23.1 Å². The number of nitrogens with zero attached hydrogens (tertiary/aromatic N) is 3. The van der Waals surface area contributed by atoms with E-state index in [9.17, 15) is 19.5 Å². The van der Waals surface area contributed by atoms with Gasteiger partial charge in [-0.15, -0.1) is 0 Å². The summed E-state index contributed by atoms with van der Waals surface area (Å²) < 4.78 is 2.14. The fourth-order valence-electron chi connectivity index (χ4n) is 4.51. The summed E-state index contributed by atoms with van der Waals surface area (Å²) in [5, 5.41) is 11.4. The average molecular weight is 437 g/mol. The van der Waals surface area contributed by atoms with E-state index in [4.69, 9.17) is 0 Å². The zero-order chi connectivity index (χ0) is 23.2. The Balaban J connectivity index is 1.64. The Morgan fingerprint density at radius 2 is 2.00 bits per heavy atom. The number of fused-ring (bicyclic) bond motifs is 1. The number of amides is 1. The minimum absolute atomic E-state index is 0.0672. The summed E-state index contributed by atoms with van der Waals surface area (Å²) in [5.74, 6) is -0.0141. The molecule has 0 unspecified atom stereocenters. The van der Waals surface area contributed by atoms with Crippen molar-refractivity contribution in [1.82, 2.24) is 19.4 Å². The number of carbonyl (C=O) groups excluding carboxylic acids is 2. The van der Waals surface area contributed by atoms with Gasteiger partial charge in [-0.2, -0.15) is 0 Å². The molecule has 4 rings (SSSR count). The van der Waals surface area contributed by atoms with Gasteiger partial charge in [0.15, 0.2) is 6.29 Å². The van der Waals surface area contributed by atoms with Crippen LogP contribution in [0.4, 0.5) is 0 Å². The van der Waals surface area contributed by atoms with E-state index in [0.29, 0.717) is 24.0 Å². The lowest BCUT2D eigenvalue weighted by Gasteiger charge is -2.39. The molecule has 8 heteroatoms. The van der Waals surface area contributed by atoms with Crippen molar-refractivity contribution in [2.24, 2.45) is 13.0 Å². The van der Waals surface area contributed by atoms with Gasteiger partial charge in [-0.25, -0.2) is 0 Å². The van der Waals surface area contributed by atoms with Crippen LogP contribution in [0.2, 0.25) is 0 Å². The van der Waals surface area contributed by atoms with E-state index in [2.05, 4.69) is 20.5 Å². The fraction of sp³-hybridized carbons (Fsp3) is 0.375. The van der Waals surface area contributed by atoms with E-state index in [1.807, 2.05) is 32.2 Å². The topological polar surface area (TPSA) is 98.6 Å². The van der Waals surface area contributed by atoms with E-state index in [-0.39, 0.29) is 23.1 Å². The van der Waals surface area contributed by atoms with E-state index < -0.39 is 5.56 Å². The van der Waals surface area contributed by atoms with E-state index in [1.165, 1.54) is 0 Å². The summed E-state index contributed by atoms with van der Waals surface area (Å²) in [6, 6.07) is 8.00. The van der Waals surface area contributed by atoms with Gasteiger partial charge in [0, 0.05) is 62.9 Å². The Morgan fingerprint density at radius 1 is 1.28 bits per heavy atom. The van der Waals surface area contributed by atoms with Gasteiger partial charge < -0.3 is 19.6 Å². The van der Waals surface area contributed by atoms with Crippen LogP contribution < -0.4 is 5.56 Å². The van der Waals surface area contributed by atoms with Crippen LogP contribution in [0.25, 0.3) is 22.2 Å². The number of aromatic hydroxyl groups is 1. The van der Waals surface area contributed by atoms with Gasteiger partial charge in [0.1, 0.15) is 11.3 Å². The second kappa shape index (κ2) is 8.27. The van der Waals surface area contributed by atoms with Crippen molar-refractivity contribution in [2.45, 2.75) is 19.9 Å². The second-order valence-electron chi connectivity index (χ2n) is 8.63. The largest absolute Gasteiger partial charge is 0.507 e. The van der Waals surface area contributed by atoms with Crippen LogP contribution in [0, 0.1) is 5.92 Å². The lowest BCUT2D eigenvalue weighted by Crippen LogP contribution is -2.52. The number of aromatic nitrogens is 2. The first-order valence-corrected chi connectivity index (χ1v) is 10.7. The Morgan fingerprint density at radius 3 is 2.62 bits per heavy atom. The maximum Gasteiger partial charge on any atom is 0.262 e. The molecule has 3 aromatic rings. The standard InChI is InChI=1S/C24H28N4O4/c1-5-18-21(25-23(31)19(13-29)22(18)30)14-6-7-20-15(8-14)9-17(27(20)4)12-28-10-16(11-28)24(32)26(2)3/h6-9,13,16H,5,10-12H2,1-4H3,(H2,25,30,31). The molecule has 1 fully saturated rings. The van der Waals surface area contributed by atoms with Gasteiger partial charge in [-0.1, -0.05) is 13.0 Å². The number of rotatable bonds is 6. The molecule has 1 aromatic carbocycles. The van der Waals surface area contributed by atoms with Crippen LogP contribution in [-0.4, -0.2) is 63.8 Å². The number of aromatic amines is 1. The van der Waals surface area contributed by atoms with Crippen LogP contribution >= 0.6 is 0 Å². The third-order valence-corrected chi connectivity index (χ3v) is 6.36. The maximum absolute atomic E-state index is 12.2. The van der Waals surface area contributed by atoms with Crippen LogP contribution in [0.1, 0.15) is 28.5 Å².